The van der Waals surface area contributed by atoms with E-state index in [-0.39, 0.29) is 19.1 Å². The van der Waals surface area contributed by atoms with Crippen LogP contribution in [0.4, 0.5) is 9.59 Å². The fourth-order valence-corrected chi connectivity index (χ4v) is 4.98. The van der Waals surface area contributed by atoms with Crippen LogP contribution < -0.4 is 10.6 Å². The molecule has 0 aliphatic rings. The Labute approximate surface area is 309 Å². The molecule has 0 saturated heterocycles. The van der Waals surface area contributed by atoms with Crippen molar-refractivity contribution in [2.45, 2.75) is 44.9 Å². The molecule has 0 fully saturated rings. The molecule has 3 N–H and O–H groups in total. The molecule has 4 rings (SSSR count). The van der Waals surface area contributed by atoms with E-state index in [0.717, 1.165) is 0 Å². The molecule has 0 bridgehead atoms. The van der Waals surface area contributed by atoms with Crippen LogP contribution in [0.5, 0.6) is 0 Å². The molecule has 0 spiro atoms. The van der Waals surface area contributed by atoms with E-state index < -0.39 is 30.4 Å². The highest BCUT2D eigenvalue weighted by Crippen LogP contribution is 2.36. The second kappa shape index (κ2) is 22.4. The molecule has 2 aromatic carbocycles. The Bertz CT molecular complexity index is 1640. The topological polar surface area (TPSA) is 166 Å². The molecule has 12 nitrogen and oxygen atoms in total. The van der Waals surface area contributed by atoms with Gasteiger partial charge in [-0.1, -0.05) is 97.7 Å². The maximum atomic E-state index is 11.6. The number of nitrogens with zero attached hydrogens (tertiary/aromatic N) is 2. The first kappa shape index (κ1) is 41.8. The predicted molar refractivity (Wildman–Crippen MR) is 192 cm³/mol. The predicted octanol–water partition coefficient (Wildman–Crippen LogP) is 8.90. The lowest BCUT2D eigenvalue weighted by Gasteiger charge is -2.20. The van der Waals surface area contributed by atoms with Crippen LogP contribution in [-0.4, -0.2) is 58.8 Å². The molecule has 4 aromatic rings. The number of aromatic nitrogens is 2. The van der Waals surface area contributed by atoms with Gasteiger partial charge in [0.25, 0.3) is 0 Å². The standard InChI is InChI=1S/C17H18Cl2N2O4.C9H5Cl2NO.C8H13NO3/c1-3-8-24-17(23)21-12(4-2)15(22)16-20-9-13(25-16)14-10(18)6-5-7-11(14)19;10-6-2-1-3-7(11)9(6)8-4-12-5-13-8;1-3-5-12-8(11)9-7(4-2)6-10/h3,5-7,9,12,15,22H,1,4,8H2,2H3,(H,21,23);1-5H;3,6-7H,1,4-5H2,2H3,(H,9,11)/t12-,15?;;7-/m0.0/s1. The van der Waals surface area contributed by atoms with Crippen molar-refractivity contribution in [3.8, 4) is 22.6 Å². The summed E-state index contributed by atoms with van der Waals surface area (Å²) < 4.78 is 20.2. The van der Waals surface area contributed by atoms with E-state index in [0.29, 0.717) is 61.9 Å². The van der Waals surface area contributed by atoms with Crippen molar-refractivity contribution in [1.82, 2.24) is 20.6 Å². The summed E-state index contributed by atoms with van der Waals surface area (Å²) in [5.74, 6) is 0.950. The van der Waals surface area contributed by atoms with Gasteiger partial charge in [0.05, 0.1) is 55.7 Å². The fourth-order valence-electron chi connectivity index (χ4n) is 3.81. The summed E-state index contributed by atoms with van der Waals surface area (Å²) in [5, 5.41) is 17.3. The van der Waals surface area contributed by atoms with Gasteiger partial charge in [-0.25, -0.2) is 19.6 Å². The Morgan fingerprint density at radius 1 is 0.860 bits per heavy atom. The number of amides is 2. The first-order valence-corrected chi connectivity index (χ1v) is 16.5. The van der Waals surface area contributed by atoms with Gasteiger partial charge in [-0.15, -0.1) is 0 Å². The number of nitrogens with one attached hydrogen (secondary N) is 2. The van der Waals surface area contributed by atoms with Gasteiger partial charge in [0.1, 0.15) is 19.5 Å². The van der Waals surface area contributed by atoms with Crippen LogP contribution in [0.1, 0.15) is 38.7 Å². The quantitative estimate of drug-likeness (QED) is 0.0883. The van der Waals surface area contributed by atoms with E-state index >= 15 is 0 Å². The van der Waals surface area contributed by atoms with Gasteiger partial charge in [-0.05, 0) is 37.1 Å². The largest absolute Gasteiger partial charge is 0.445 e. The number of alkyl carbamates (subject to hydrolysis) is 2. The smallest absolute Gasteiger partial charge is 0.408 e. The molecule has 0 aliphatic heterocycles. The SMILES string of the molecule is C=CCOC(=O)N[C@@H](CC)C(O)c1ncc(-c2c(Cl)cccc2Cl)o1.C=CCOC(=O)N[C@H](C=O)CC.Clc1cccc(Cl)c1-c1cnco1. The van der Waals surface area contributed by atoms with Crippen LogP contribution in [0.15, 0.2) is 89.3 Å². The maximum absolute atomic E-state index is 11.6. The zero-order chi connectivity index (χ0) is 37.1. The summed E-state index contributed by atoms with van der Waals surface area (Å²) in [7, 11) is 0. The average molecular weight is 770 g/mol. The second-order valence-electron chi connectivity index (χ2n) is 9.80. The lowest BCUT2D eigenvalue weighted by molar-refractivity contribution is -0.109. The van der Waals surface area contributed by atoms with Crippen molar-refractivity contribution in [3.05, 3.63) is 106 Å². The van der Waals surface area contributed by atoms with Crippen LogP contribution in [0.2, 0.25) is 20.1 Å². The first-order chi connectivity index (χ1) is 24.0. The number of hydrogen-bond donors (Lipinski definition) is 3. The van der Waals surface area contributed by atoms with Crippen LogP contribution >= 0.6 is 46.4 Å². The molecule has 268 valence electrons. The highest BCUT2D eigenvalue weighted by Gasteiger charge is 2.27. The molecule has 0 saturated carbocycles. The minimum absolute atomic E-state index is 0.0434. The van der Waals surface area contributed by atoms with Gasteiger partial charge >= 0.3 is 12.2 Å². The van der Waals surface area contributed by atoms with E-state index in [9.17, 15) is 19.5 Å². The van der Waals surface area contributed by atoms with E-state index in [1.165, 1.54) is 24.7 Å². The minimum atomic E-state index is -1.16. The summed E-state index contributed by atoms with van der Waals surface area (Å²) in [6, 6.07) is 9.27. The summed E-state index contributed by atoms with van der Waals surface area (Å²) >= 11 is 24.2. The van der Waals surface area contributed by atoms with Crippen molar-refractivity contribution in [2.24, 2.45) is 0 Å². The van der Waals surface area contributed by atoms with Gasteiger partial charge in [-0.2, -0.15) is 0 Å². The van der Waals surface area contributed by atoms with Crippen LogP contribution in [0.3, 0.4) is 0 Å². The third kappa shape index (κ3) is 13.2. The second-order valence-corrected chi connectivity index (χ2v) is 11.4. The molecule has 2 heterocycles. The van der Waals surface area contributed by atoms with E-state index in [1.807, 2.05) is 0 Å². The minimum Gasteiger partial charge on any atom is -0.445 e. The van der Waals surface area contributed by atoms with Gasteiger partial charge in [0.2, 0.25) is 5.89 Å². The van der Waals surface area contributed by atoms with Gasteiger partial charge in [0.15, 0.2) is 24.0 Å². The molecule has 50 heavy (non-hydrogen) atoms. The van der Waals surface area contributed by atoms with Gasteiger partial charge in [0, 0.05) is 0 Å². The van der Waals surface area contributed by atoms with Crippen LogP contribution in [0, 0.1) is 0 Å². The maximum Gasteiger partial charge on any atom is 0.408 e. The van der Waals surface area contributed by atoms with Crippen molar-refractivity contribution in [1.29, 1.82) is 0 Å². The van der Waals surface area contributed by atoms with Crippen LogP contribution in [0.25, 0.3) is 22.6 Å². The monoisotopic (exact) mass is 768 g/mol. The number of oxazole rings is 2. The lowest BCUT2D eigenvalue weighted by Crippen LogP contribution is -2.39. The third-order valence-corrected chi connectivity index (χ3v) is 7.58. The van der Waals surface area contributed by atoms with Crippen molar-refractivity contribution < 1.29 is 37.8 Å². The number of ether oxygens (including phenoxy) is 2. The molecule has 3 atom stereocenters. The molecule has 2 amide bonds. The van der Waals surface area contributed by atoms with Crippen molar-refractivity contribution >= 4 is 64.9 Å². The summed E-state index contributed by atoms with van der Waals surface area (Å²) in [4.78, 5) is 40.6. The Balaban J connectivity index is 0.000000290. The Hall–Kier alpha value is -4.33. The molecule has 16 heteroatoms. The molecule has 2 aromatic heterocycles. The molecular formula is C34H36Cl4N4O8. The molecule has 0 aliphatic carbocycles. The number of carbonyl (C=O) groups excluding carboxylic acids is 3. The molecular weight excluding hydrogens is 734 g/mol. The molecule has 1 unspecified atom stereocenters. The highest BCUT2D eigenvalue weighted by atomic mass is 35.5. The number of aliphatic hydroxyl groups excluding tert-OH is 1. The lowest BCUT2D eigenvalue weighted by atomic mass is 10.1. The summed E-state index contributed by atoms with van der Waals surface area (Å²) in [5.41, 5.74) is 1.17. The number of aldehydes is 1. The molecule has 0 radical (unpaired) electrons. The zero-order valence-electron chi connectivity index (χ0n) is 27.1. The number of carbonyl (C=O) groups is 3. The fraction of sp³-hybridized carbons (Fsp3) is 0.265. The normalized spacial score (nSPS) is 12.0. The summed E-state index contributed by atoms with van der Waals surface area (Å²) in [6.45, 7) is 10.7. The Kier molecular flexibility index (Phi) is 18.7. The first-order valence-electron chi connectivity index (χ1n) is 15.0. The number of halogens is 4. The Morgan fingerprint density at radius 2 is 1.38 bits per heavy atom. The zero-order valence-corrected chi connectivity index (χ0v) is 30.1. The number of benzene rings is 2. The van der Waals surface area contributed by atoms with Gasteiger partial charge in [-0.3, -0.25) is 0 Å². The average Bonchev–Trinajstić information content (AvgIpc) is 3.81. The highest BCUT2D eigenvalue weighted by molar-refractivity contribution is 6.39. The number of hydrogen-bond acceptors (Lipinski definition) is 10. The van der Waals surface area contributed by atoms with Gasteiger partial charge < -0.3 is 38.8 Å². The van der Waals surface area contributed by atoms with E-state index in [2.05, 4.69) is 38.5 Å². The third-order valence-electron chi connectivity index (χ3n) is 6.32. The van der Waals surface area contributed by atoms with Crippen molar-refractivity contribution in [3.63, 3.8) is 0 Å². The van der Waals surface area contributed by atoms with E-state index in [1.54, 1.807) is 56.4 Å². The van der Waals surface area contributed by atoms with E-state index in [4.69, 9.17) is 60.0 Å². The van der Waals surface area contributed by atoms with Crippen LogP contribution in [-0.2, 0) is 14.3 Å². The number of rotatable bonds is 13. The van der Waals surface area contributed by atoms with Crippen molar-refractivity contribution in [2.75, 3.05) is 13.2 Å². The Morgan fingerprint density at radius 3 is 1.82 bits per heavy atom. The number of aliphatic hydroxyl groups is 1. The summed E-state index contributed by atoms with van der Waals surface area (Å²) in [6.07, 6.45) is 6.52.